The van der Waals surface area contributed by atoms with Crippen LogP contribution in [0.2, 0.25) is 0 Å². The monoisotopic (exact) mass is 193 g/mol. The van der Waals surface area contributed by atoms with Gasteiger partial charge in [-0.05, 0) is 44.5 Å². The Labute approximate surface area is 84.3 Å². The van der Waals surface area contributed by atoms with Gasteiger partial charge in [0.2, 0.25) is 0 Å². The Kier molecular flexibility index (Phi) is 2.31. The van der Waals surface area contributed by atoms with E-state index in [4.69, 9.17) is 0 Å². The smallest absolute Gasteiger partial charge is 0.123 e. The van der Waals surface area contributed by atoms with E-state index in [2.05, 4.69) is 19.2 Å². The average molecular weight is 193 g/mol. The lowest BCUT2D eigenvalue weighted by atomic mass is 9.83. The summed E-state index contributed by atoms with van der Waals surface area (Å²) >= 11 is 0. The fraction of sp³-hybridized carbons (Fsp3) is 0.500. The van der Waals surface area contributed by atoms with Crippen molar-refractivity contribution in [3.8, 4) is 0 Å². The van der Waals surface area contributed by atoms with Crippen molar-refractivity contribution in [1.29, 1.82) is 0 Å². The van der Waals surface area contributed by atoms with Crippen LogP contribution in [0.25, 0.3) is 0 Å². The molecule has 1 nitrogen and oxygen atoms in total. The van der Waals surface area contributed by atoms with Crippen LogP contribution in [0.5, 0.6) is 0 Å². The van der Waals surface area contributed by atoms with Gasteiger partial charge in [-0.2, -0.15) is 0 Å². The van der Waals surface area contributed by atoms with Crippen LogP contribution in [0.1, 0.15) is 31.7 Å². The van der Waals surface area contributed by atoms with Crippen LogP contribution in [0.15, 0.2) is 24.3 Å². The summed E-state index contributed by atoms with van der Waals surface area (Å²) < 4.78 is 13.1. The molecule has 1 saturated heterocycles. The van der Waals surface area contributed by atoms with Gasteiger partial charge < -0.3 is 5.32 Å². The molecular weight excluding hydrogens is 177 g/mol. The first-order valence-corrected chi connectivity index (χ1v) is 5.10. The molecule has 1 aliphatic rings. The van der Waals surface area contributed by atoms with Crippen LogP contribution in [-0.2, 0) is 0 Å². The number of rotatable bonds is 1. The van der Waals surface area contributed by atoms with E-state index in [0.29, 0.717) is 5.92 Å². The molecule has 1 aliphatic heterocycles. The third-order valence-electron chi connectivity index (χ3n) is 3.14. The van der Waals surface area contributed by atoms with E-state index in [0.717, 1.165) is 18.5 Å². The molecule has 1 fully saturated rings. The summed E-state index contributed by atoms with van der Waals surface area (Å²) in [7, 11) is 0. The molecule has 14 heavy (non-hydrogen) atoms. The highest BCUT2D eigenvalue weighted by molar-refractivity contribution is 5.25. The Morgan fingerprint density at radius 3 is 2.79 bits per heavy atom. The molecule has 0 aliphatic carbocycles. The summed E-state index contributed by atoms with van der Waals surface area (Å²) in [6, 6.07) is 6.96. The quantitative estimate of drug-likeness (QED) is 0.723. The summed E-state index contributed by atoms with van der Waals surface area (Å²) in [6.07, 6.45) is 1.09. The van der Waals surface area contributed by atoms with Crippen molar-refractivity contribution in [3.05, 3.63) is 35.6 Å². The lowest BCUT2D eigenvalue weighted by molar-refractivity contribution is 0.410. The summed E-state index contributed by atoms with van der Waals surface area (Å²) in [5.74, 6) is 0.295. The first kappa shape index (κ1) is 9.66. The van der Waals surface area contributed by atoms with Crippen LogP contribution in [-0.4, -0.2) is 12.1 Å². The highest BCUT2D eigenvalue weighted by Gasteiger charge is 2.34. The molecule has 1 N–H and O–H groups in total. The van der Waals surface area contributed by atoms with E-state index >= 15 is 0 Å². The minimum Gasteiger partial charge on any atom is -0.311 e. The maximum absolute atomic E-state index is 13.1. The lowest BCUT2D eigenvalue weighted by Crippen LogP contribution is -2.36. The van der Waals surface area contributed by atoms with E-state index < -0.39 is 0 Å². The summed E-state index contributed by atoms with van der Waals surface area (Å²) in [5.41, 5.74) is 1.20. The molecule has 0 radical (unpaired) electrons. The maximum Gasteiger partial charge on any atom is 0.123 e. The Balaban J connectivity index is 2.31. The first-order chi connectivity index (χ1) is 6.59. The van der Waals surface area contributed by atoms with Gasteiger partial charge in [0.15, 0.2) is 0 Å². The van der Waals surface area contributed by atoms with Crippen molar-refractivity contribution >= 4 is 0 Å². The molecule has 1 aromatic carbocycles. The third kappa shape index (κ3) is 1.67. The molecule has 1 atom stereocenters. The number of halogens is 1. The second kappa shape index (κ2) is 3.35. The summed E-state index contributed by atoms with van der Waals surface area (Å²) in [4.78, 5) is 0. The fourth-order valence-corrected chi connectivity index (χ4v) is 2.33. The number of nitrogens with one attached hydrogen (secondary N) is 1. The minimum atomic E-state index is -0.134. The molecule has 0 aromatic heterocycles. The van der Waals surface area contributed by atoms with Crippen LogP contribution in [0, 0.1) is 5.82 Å². The molecule has 1 unspecified atom stereocenters. The second-order valence-electron chi connectivity index (χ2n) is 4.54. The first-order valence-electron chi connectivity index (χ1n) is 5.10. The normalized spacial score (nSPS) is 25.2. The second-order valence-corrected chi connectivity index (χ2v) is 4.54. The van der Waals surface area contributed by atoms with Gasteiger partial charge in [-0.25, -0.2) is 4.39 Å². The zero-order valence-electron chi connectivity index (χ0n) is 8.68. The Morgan fingerprint density at radius 2 is 2.21 bits per heavy atom. The van der Waals surface area contributed by atoms with Gasteiger partial charge in [-0.3, -0.25) is 0 Å². The number of hydrogen-bond acceptors (Lipinski definition) is 1. The number of benzene rings is 1. The highest BCUT2D eigenvalue weighted by Crippen LogP contribution is 2.35. The zero-order chi connectivity index (χ0) is 10.2. The molecule has 0 amide bonds. The largest absolute Gasteiger partial charge is 0.311 e. The van der Waals surface area contributed by atoms with Gasteiger partial charge in [0.25, 0.3) is 0 Å². The molecular formula is C12H16FN. The van der Waals surface area contributed by atoms with Crippen molar-refractivity contribution in [1.82, 2.24) is 5.32 Å². The van der Waals surface area contributed by atoms with Crippen LogP contribution in [0.3, 0.4) is 0 Å². The number of hydrogen-bond donors (Lipinski definition) is 1. The van der Waals surface area contributed by atoms with Gasteiger partial charge >= 0.3 is 0 Å². The SMILES string of the molecule is CC1(C)NCCC1c1cccc(F)c1. The van der Waals surface area contributed by atoms with E-state index in [1.54, 1.807) is 12.1 Å². The molecule has 76 valence electrons. The van der Waals surface area contributed by atoms with E-state index in [-0.39, 0.29) is 11.4 Å². The van der Waals surface area contributed by atoms with E-state index in [1.807, 2.05) is 6.07 Å². The van der Waals surface area contributed by atoms with Crippen molar-refractivity contribution in [2.45, 2.75) is 31.7 Å². The Bertz CT molecular complexity index is 333. The van der Waals surface area contributed by atoms with Gasteiger partial charge in [-0.15, -0.1) is 0 Å². The van der Waals surface area contributed by atoms with Gasteiger partial charge in [0.1, 0.15) is 5.82 Å². The zero-order valence-corrected chi connectivity index (χ0v) is 8.68. The van der Waals surface area contributed by atoms with Gasteiger partial charge in [0, 0.05) is 11.5 Å². The predicted octanol–water partition coefficient (Wildman–Crippen LogP) is 2.68. The highest BCUT2D eigenvalue weighted by atomic mass is 19.1. The Hall–Kier alpha value is -0.890. The average Bonchev–Trinajstić information content (AvgIpc) is 2.45. The van der Waals surface area contributed by atoms with Gasteiger partial charge in [0.05, 0.1) is 0 Å². The summed E-state index contributed by atoms with van der Waals surface area (Å²) in [5, 5.41) is 3.44. The molecule has 0 bridgehead atoms. The van der Waals surface area contributed by atoms with Crippen molar-refractivity contribution in [2.75, 3.05) is 6.54 Å². The lowest BCUT2D eigenvalue weighted by Gasteiger charge is -2.27. The van der Waals surface area contributed by atoms with Crippen molar-refractivity contribution in [3.63, 3.8) is 0 Å². The fourth-order valence-electron chi connectivity index (χ4n) is 2.33. The third-order valence-corrected chi connectivity index (χ3v) is 3.14. The van der Waals surface area contributed by atoms with Crippen LogP contribution < -0.4 is 5.32 Å². The maximum atomic E-state index is 13.1. The molecule has 0 saturated carbocycles. The van der Waals surface area contributed by atoms with Gasteiger partial charge in [-0.1, -0.05) is 12.1 Å². The van der Waals surface area contributed by atoms with E-state index in [1.165, 1.54) is 6.07 Å². The topological polar surface area (TPSA) is 12.0 Å². The molecule has 0 spiro atoms. The van der Waals surface area contributed by atoms with Crippen LogP contribution >= 0.6 is 0 Å². The van der Waals surface area contributed by atoms with Crippen molar-refractivity contribution < 1.29 is 4.39 Å². The molecule has 1 heterocycles. The minimum absolute atomic E-state index is 0.0911. The summed E-state index contributed by atoms with van der Waals surface area (Å²) in [6.45, 7) is 5.37. The Morgan fingerprint density at radius 1 is 1.43 bits per heavy atom. The molecule has 2 rings (SSSR count). The van der Waals surface area contributed by atoms with Crippen molar-refractivity contribution in [2.24, 2.45) is 0 Å². The van der Waals surface area contributed by atoms with E-state index in [9.17, 15) is 4.39 Å². The van der Waals surface area contributed by atoms with Crippen LogP contribution in [0.4, 0.5) is 4.39 Å². The standard InChI is InChI=1S/C12H16FN/c1-12(2)11(6-7-14-12)9-4-3-5-10(13)8-9/h3-5,8,11,14H,6-7H2,1-2H3. The molecule has 1 aromatic rings. The molecule has 2 heteroatoms. The predicted molar refractivity (Wildman–Crippen MR) is 55.8 cm³/mol.